The van der Waals surface area contributed by atoms with Crippen LogP contribution in [0.1, 0.15) is 34.0 Å². The minimum Gasteiger partial charge on any atom is -0.348 e. The number of nitrogens with one attached hydrogen (secondary N) is 1. The van der Waals surface area contributed by atoms with Gasteiger partial charge in [-0.1, -0.05) is 31.2 Å². The van der Waals surface area contributed by atoms with Crippen LogP contribution >= 0.6 is 0 Å². The number of rotatable bonds is 4. The molecule has 0 aliphatic carbocycles. The van der Waals surface area contributed by atoms with Crippen molar-refractivity contribution < 1.29 is 18.0 Å². The molecule has 1 amide bonds. The van der Waals surface area contributed by atoms with Gasteiger partial charge in [0.05, 0.1) is 5.56 Å². The van der Waals surface area contributed by atoms with Crippen LogP contribution in [0.3, 0.4) is 0 Å². The molecule has 2 aromatic carbocycles. The molecule has 0 aliphatic heterocycles. The summed E-state index contributed by atoms with van der Waals surface area (Å²) >= 11 is 0. The smallest absolute Gasteiger partial charge is 0.348 e. The van der Waals surface area contributed by atoms with Crippen molar-refractivity contribution in [2.45, 2.75) is 26.1 Å². The lowest BCUT2D eigenvalue weighted by Gasteiger charge is -2.10. The molecule has 0 atom stereocenters. The zero-order valence-electron chi connectivity index (χ0n) is 12.1. The molecule has 0 fully saturated rings. The summed E-state index contributed by atoms with van der Waals surface area (Å²) in [6.07, 6.45) is -3.50. The fourth-order valence-corrected chi connectivity index (χ4v) is 2.03. The van der Waals surface area contributed by atoms with Gasteiger partial charge in [0.1, 0.15) is 0 Å². The normalized spacial score (nSPS) is 11.3. The molecule has 1 N–H and O–H groups in total. The molecule has 116 valence electrons. The van der Waals surface area contributed by atoms with E-state index in [-0.39, 0.29) is 12.5 Å². The van der Waals surface area contributed by atoms with Crippen LogP contribution in [0.5, 0.6) is 0 Å². The summed E-state index contributed by atoms with van der Waals surface area (Å²) < 4.78 is 37.8. The van der Waals surface area contributed by atoms with Crippen LogP contribution in [-0.2, 0) is 19.1 Å². The zero-order valence-corrected chi connectivity index (χ0v) is 12.1. The Kier molecular flexibility index (Phi) is 4.85. The lowest BCUT2D eigenvalue weighted by Crippen LogP contribution is -2.23. The van der Waals surface area contributed by atoms with Crippen LogP contribution in [0.4, 0.5) is 13.2 Å². The van der Waals surface area contributed by atoms with Gasteiger partial charge >= 0.3 is 6.18 Å². The van der Waals surface area contributed by atoms with Crippen LogP contribution in [-0.4, -0.2) is 5.91 Å². The fourth-order valence-electron chi connectivity index (χ4n) is 2.03. The number of benzene rings is 2. The molecule has 5 heteroatoms. The Labute approximate surface area is 127 Å². The second-order valence-electron chi connectivity index (χ2n) is 4.93. The van der Waals surface area contributed by atoms with Gasteiger partial charge in [-0.3, -0.25) is 4.79 Å². The summed E-state index contributed by atoms with van der Waals surface area (Å²) in [5.41, 5.74) is 1.30. The maximum absolute atomic E-state index is 12.6. The summed E-state index contributed by atoms with van der Waals surface area (Å²) in [4.78, 5) is 12.0. The van der Waals surface area contributed by atoms with E-state index in [0.29, 0.717) is 11.1 Å². The van der Waals surface area contributed by atoms with Gasteiger partial charge in [-0.25, -0.2) is 0 Å². The van der Waals surface area contributed by atoms with Crippen molar-refractivity contribution >= 4 is 5.91 Å². The van der Waals surface area contributed by atoms with Gasteiger partial charge in [-0.15, -0.1) is 0 Å². The molecule has 0 aliphatic rings. The SMILES string of the molecule is CCc1ccc(C(=O)NCc2cccc(C(F)(F)F)c2)cc1. The zero-order chi connectivity index (χ0) is 16.2. The van der Waals surface area contributed by atoms with E-state index in [4.69, 9.17) is 0 Å². The monoisotopic (exact) mass is 307 g/mol. The van der Waals surface area contributed by atoms with Gasteiger partial charge in [-0.05, 0) is 41.8 Å². The Balaban J connectivity index is 2.01. The molecular weight excluding hydrogens is 291 g/mol. The standard InChI is InChI=1S/C17H16F3NO/c1-2-12-6-8-14(9-7-12)16(22)21-11-13-4-3-5-15(10-13)17(18,19)20/h3-10H,2,11H2,1H3,(H,21,22). The Bertz CT molecular complexity index is 648. The van der Waals surface area contributed by atoms with E-state index < -0.39 is 11.7 Å². The minimum absolute atomic E-state index is 0.0539. The van der Waals surface area contributed by atoms with Gasteiger partial charge in [-0.2, -0.15) is 13.2 Å². The largest absolute Gasteiger partial charge is 0.416 e. The lowest BCUT2D eigenvalue weighted by atomic mass is 10.1. The molecule has 0 saturated heterocycles. The summed E-state index contributed by atoms with van der Waals surface area (Å²) in [6.45, 7) is 2.07. The summed E-state index contributed by atoms with van der Waals surface area (Å²) in [7, 11) is 0. The van der Waals surface area contributed by atoms with Crippen molar-refractivity contribution in [2.75, 3.05) is 0 Å². The Morgan fingerprint density at radius 1 is 1.05 bits per heavy atom. The number of amides is 1. The first kappa shape index (κ1) is 16.1. The fraction of sp³-hybridized carbons (Fsp3) is 0.235. The van der Waals surface area contributed by atoms with E-state index in [1.54, 1.807) is 18.2 Å². The van der Waals surface area contributed by atoms with Gasteiger partial charge in [0.2, 0.25) is 0 Å². The van der Waals surface area contributed by atoms with Crippen molar-refractivity contribution in [3.05, 3.63) is 70.8 Å². The number of aryl methyl sites for hydroxylation is 1. The Morgan fingerprint density at radius 3 is 2.32 bits per heavy atom. The molecule has 22 heavy (non-hydrogen) atoms. The number of halogens is 3. The molecule has 0 radical (unpaired) electrons. The first-order valence-electron chi connectivity index (χ1n) is 6.93. The van der Waals surface area contributed by atoms with Crippen molar-refractivity contribution in [1.82, 2.24) is 5.32 Å². The molecule has 0 saturated carbocycles. The highest BCUT2D eigenvalue weighted by atomic mass is 19.4. The average Bonchev–Trinajstić information content (AvgIpc) is 2.52. The highest BCUT2D eigenvalue weighted by molar-refractivity contribution is 5.94. The van der Waals surface area contributed by atoms with E-state index in [1.807, 2.05) is 19.1 Å². The predicted molar refractivity (Wildman–Crippen MR) is 78.4 cm³/mol. The summed E-state index contributed by atoms with van der Waals surface area (Å²) in [5.74, 6) is -0.305. The molecule has 0 aromatic heterocycles. The molecule has 0 unspecified atom stereocenters. The first-order chi connectivity index (χ1) is 10.4. The maximum atomic E-state index is 12.6. The van der Waals surface area contributed by atoms with Gasteiger partial charge in [0.25, 0.3) is 5.91 Å². The number of alkyl halides is 3. The van der Waals surface area contributed by atoms with Crippen molar-refractivity contribution in [3.63, 3.8) is 0 Å². The molecule has 0 bridgehead atoms. The second-order valence-corrected chi connectivity index (χ2v) is 4.93. The number of carbonyl (C=O) groups is 1. The third kappa shape index (κ3) is 4.10. The van der Waals surface area contributed by atoms with Crippen LogP contribution in [0, 0.1) is 0 Å². The van der Waals surface area contributed by atoms with Crippen LogP contribution in [0.15, 0.2) is 48.5 Å². The van der Waals surface area contributed by atoms with Gasteiger partial charge in [0.15, 0.2) is 0 Å². The topological polar surface area (TPSA) is 29.1 Å². The van der Waals surface area contributed by atoms with Crippen LogP contribution < -0.4 is 5.32 Å². The van der Waals surface area contributed by atoms with Crippen LogP contribution in [0.25, 0.3) is 0 Å². The molecule has 2 rings (SSSR count). The quantitative estimate of drug-likeness (QED) is 0.901. The Morgan fingerprint density at radius 2 is 1.73 bits per heavy atom. The van der Waals surface area contributed by atoms with E-state index in [2.05, 4.69) is 5.32 Å². The highest BCUT2D eigenvalue weighted by Gasteiger charge is 2.30. The van der Waals surface area contributed by atoms with Crippen molar-refractivity contribution in [1.29, 1.82) is 0 Å². The van der Waals surface area contributed by atoms with Gasteiger partial charge < -0.3 is 5.32 Å². The van der Waals surface area contributed by atoms with Gasteiger partial charge in [0, 0.05) is 12.1 Å². The van der Waals surface area contributed by atoms with E-state index in [9.17, 15) is 18.0 Å². The lowest BCUT2D eigenvalue weighted by molar-refractivity contribution is -0.137. The summed E-state index contributed by atoms with van der Waals surface area (Å²) in [5, 5.41) is 2.63. The van der Waals surface area contributed by atoms with E-state index in [1.165, 1.54) is 6.07 Å². The van der Waals surface area contributed by atoms with E-state index >= 15 is 0 Å². The summed E-state index contributed by atoms with van der Waals surface area (Å²) in [6, 6.07) is 12.1. The first-order valence-corrected chi connectivity index (χ1v) is 6.93. The van der Waals surface area contributed by atoms with Crippen molar-refractivity contribution in [3.8, 4) is 0 Å². The molecule has 0 heterocycles. The van der Waals surface area contributed by atoms with Crippen LogP contribution in [0.2, 0.25) is 0 Å². The number of hydrogen-bond acceptors (Lipinski definition) is 1. The molecule has 2 aromatic rings. The maximum Gasteiger partial charge on any atom is 0.416 e. The second kappa shape index (κ2) is 6.64. The highest BCUT2D eigenvalue weighted by Crippen LogP contribution is 2.29. The third-order valence-electron chi connectivity index (χ3n) is 3.33. The molecule has 2 nitrogen and oxygen atoms in total. The molecular formula is C17H16F3NO. The Hall–Kier alpha value is -2.30. The number of carbonyl (C=O) groups excluding carboxylic acids is 1. The predicted octanol–water partition coefficient (Wildman–Crippen LogP) is 4.20. The average molecular weight is 307 g/mol. The minimum atomic E-state index is -4.38. The molecule has 0 spiro atoms. The number of hydrogen-bond donors (Lipinski definition) is 1. The van der Waals surface area contributed by atoms with Crippen molar-refractivity contribution in [2.24, 2.45) is 0 Å². The van der Waals surface area contributed by atoms with E-state index in [0.717, 1.165) is 24.1 Å². The third-order valence-corrected chi connectivity index (χ3v) is 3.33.